The van der Waals surface area contributed by atoms with E-state index in [0.29, 0.717) is 19.6 Å². The summed E-state index contributed by atoms with van der Waals surface area (Å²) in [6.45, 7) is 5.14. The van der Waals surface area contributed by atoms with Crippen LogP contribution in [0.5, 0.6) is 5.75 Å². The van der Waals surface area contributed by atoms with Crippen LogP contribution in [-0.2, 0) is 23.6 Å². The first-order valence-corrected chi connectivity index (χ1v) is 16.1. The van der Waals surface area contributed by atoms with Gasteiger partial charge >= 0.3 is 0 Å². The maximum Gasteiger partial charge on any atom is 0.281 e. The molecule has 11 heteroatoms. The van der Waals surface area contributed by atoms with Crippen molar-refractivity contribution in [3.8, 4) is 16.9 Å². The number of nitrogens with zero attached hydrogens (tertiary/aromatic N) is 4. The van der Waals surface area contributed by atoms with Gasteiger partial charge in [-0.1, -0.05) is 67.6 Å². The fraction of sp³-hybridized carbons (Fsp3) is 0.333. The Bertz CT molecular complexity index is 1690. The molecule has 5 rings (SSSR count). The molecule has 1 aliphatic heterocycles. The van der Waals surface area contributed by atoms with Crippen molar-refractivity contribution in [3.05, 3.63) is 96.4 Å². The van der Waals surface area contributed by atoms with Crippen LogP contribution in [0.15, 0.2) is 90.3 Å². The number of imidazole rings is 1. The Labute approximate surface area is 259 Å². The third-order valence-electron chi connectivity index (χ3n) is 7.90. The first-order valence-electron chi connectivity index (χ1n) is 14.6. The Morgan fingerprint density at radius 3 is 2.43 bits per heavy atom. The van der Waals surface area contributed by atoms with Gasteiger partial charge in [-0.3, -0.25) is 14.4 Å². The third kappa shape index (κ3) is 6.96. The Morgan fingerprint density at radius 1 is 1.07 bits per heavy atom. The number of carbonyl (C=O) groups excluding carboxylic acids is 1. The molecule has 232 valence electrons. The normalized spacial score (nSPS) is 17.9. The van der Waals surface area contributed by atoms with Crippen LogP contribution in [0.1, 0.15) is 29.8 Å². The quantitative estimate of drug-likeness (QED) is 0.273. The van der Waals surface area contributed by atoms with Gasteiger partial charge in [0.1, 0.15) is 6.10 Å². The molecule has 1 aromatic heterocycles. The number of aliphatic hydroxyl groups is 1. The van der Waals surface area contributed by atoms with E-state index in [-0.39, 0.29) is 40.5 Å². The molecule has 2 N–H and O–H groups in total. The molecular formula is C33H39N5O5S. The molecule has 0 bridgehead atoms. The van der Waals surface area contributed by atoms with Gasteiger partial charge in [-0.05, 0) is 42.8 Å². The second-order valence-electron chi connectivity index (χ2n) is 11.5. The summed E-state index contributed by atoms with van der Waals surface area (Å²) in [7, 11) is -0.362. The van der Waals surface area contributed by atoms with Gasteiger partial charge in [0, 0.05) is 38.8 Å². The Kier molecular flexibility index (Phi) is 9.38. The fourth-order valence-electron chi connectivity index (χ4n) is 5.38. The summed E-state index contributed by atoms with van der Waals surface area (Å²) in [5.74, 6) is -0.314. The average Bonchev–Trinajstić information content (AvgIpc) is 3.47. The zero-order chi connectivity index (χ0) is 31.4. The molecular weight excluding hydrogens is 578 g/mol. The molecule has 10 nitrogen and oxygen atoms in total. The highest BCUT2D eigenvalue weighted by molar-refractivity contribution is 7.92. The molecule has 0 radical (unpaired) electrons. The van der Waals surface area contributed by atoms with E-state index in [1.807, 2.05) is 32.2 Å². The smallest absolute Gasteiger partial charge is 0.281 e. The number of rotatable bonds is 10. The van der Waals surface area contributed by atoms with E-state index in [9.17, 15) is 18.3 Å². The Hall–Kier alpha value is -4.19. The lowest BCUT2D eigenvalue weighted by molar-refractivity contribution is 0.0344. The number of hydrogen-bond donors (Lipinski definition) is 2. The highest BCUT2D eigenvalue weighted by Crippen LogP contribution is 2.36. The summed E-state index contributed by atoms with van der Waals surface area (Å²) >= 11 is 0. The van der Waals surface area contributed by atoms with E-state index in [4.69, 9.17) is 4.74 Å². The number of likely N-dealkylation sites (N-methyl/N-ethyl adjacent to an activating group) is 1. The molecule has 0 saturated heterocycles. The van der Waals surface area contributed by atoms with Crippen molar-refractivity contribution in [2.45, 2.75) is 37.6 Å². The van der Waals surface area contributed by atoms with Crippen molar-refractivity contribution in [2.75, 3.05) is 31.5 Å². The zero-order valence-electron chi connectivity index (χ0n) is 25.4. The summed E-state index contributed by atoms with van der Waals surface area (Å²) < 4.78 is 37.1. The SMILES string of the molecule is C[C@H](CO)N1C[C@H](C)[C@@H](CN(C)Cc2ccc(-c3ccccc3)cc2)Oc2c(NS(=O)(=O)c3cn(C)cn3)cccc2C1=O. The van der Waals surface area contributed by atoms with E-state index >= 15 is 0 Å². The average molecular weight is 618 g/mol. The fourth-order valence-corrected chi connectivity index (χ4v) is 6.43. The number of anilines is 1. The van der Waals surface area contributed by atoms with Crippen molar-refractivity contribution in [2.24, 2.45) is 13.0 Å². The summed E-state index contributed by atoms with van der Waals surface area (Å²) in [6.07, 6.45) is 2.41. The molecule has 0 aliphatic carbocycles. The number of amides is 1. The van der Waals surface area contributed by atoms with Gasteiger partial charge < -0.3 is 19.3 Å². The predicted octanol–water partition coefficient (Wildman–Crippen LogP) is 4.24. The van der Waals surface area contributed by atoms with Crippen LogP contribution < -0.4 is 9.46 Å². The number of aromatic nitrogens is 2. The highest BCUT2D eigenvalue weighted by atomic mass is 32.2. The monoisotopic (exact) mass is 617 g/mol. The van der Waals surface area contributed by atoms with Gasteiger partial charge in [0.05, 0.1) is 30.2 Å². The van der Waals surface area contributed by atoms with Gasteiger partial charge in [0.25, 0.3) is 15.9 Å². The Balaban J connectivity index is 1.42. The van der Waals surface area contributed by atoms with Gasteiger partial charge in [-0.25, -0.2) is 4.98 Å². The predicted molar refractivity (Wildman–Crippen MR) is 170 cm³/mol. The Morgan fingerprint density at radius 2 is 1.77 bits per heavy atom. The van der Waals surface area contributed by atoms with Crippen LogP contribution in [0, 0.1) is 5.92 Å². The molecule has 0 spiro atoms. The van der Waals surface area contributed by atoms with Crippen LogP contribution in [-0.4, -0.2) is 77.7 Å². The molecule has 44 heavy (non-hydrogen) atoms. The maximum atomic E-state index is 13.8. The number of sulfonamides is 1. The largest absolute Gasteiger partial charge is 0.486 e. The van der Waals surface area contributed by atoms with Crippen LogP contribution in [0.25, 0.3) is 11.1 Å². The topological polar surface area (TPSA) is 117 Å². The molecule has 3 aromatic carbocycles. The third-order valence-corrected chi connectivity index (χ3v) is 9.15. The molecule has 2 heterocycles. The molecule has 0 fully saturated rings. The second-order valence-corrected chi connectivity index (χ2v) is 13.2. The van der Waals surface area contributed by atoms with E-state index in [1.165, 1.54) is 12.5 Å². The van der Waals surface area contributed by atoms with Crippen molar-refractivity contribution in [1.82, 2.24) is 19.4 Å². The van der Waals surface area contributed by atoms with Crippen LogP contribution in [0.2, 0.25) is 0 Å². The minimum atomic E-state index is -4.05. The first-order chi connectivity index (χ1) is 21.1. The number of para-hydroxylation sites is 1. The summed E-state index contributed by atoms with van der Waals surface area (Å²) in [4.78, 5) is 21.5. The number of aliphatic hydroxyl groups excluding tert-OH is 1. The maximum absolute atomic E-state index is 13.8. The number of carbonyl (C=O) groups is 1. The molecule has 3 atom stereocenters. The number of fused-ring (bicyclic) bond motifs is 1. The summed E-state index contributed by atoms with van der Waals surface area (Å²) in [5.41, 5.74) is 3.82. The number of aryl methyl sites for hydroxylation is 1. The van der Waals surface area contributed by atoms with E-state index < -0.39 is 22.2 Å². The van der Waals surface area contributed by atoms with Gasteiger partial charge in [0.2, 0.25) is 0 Å². The molecule has 0 unspecified atom stereocenters. The lowest BCUT2D eigenvalue weighted by Crippen LogP contribution is -2.49. The summed E-state index contributed by atoms with van der Waals surface area (Å²) in [6, 6.07) is 23.1. The lowest BCUT2D eigenvalue weighted by atomic mass is 9.98. The number of nitrogens with one attached hydrogen (secondary N) is 1. The molecule has 4 aromatic rings. The second kappa shape index (κ2) is 13.2. The summed E-state index contributed by atoms with van der Waals surface area (Å²) in [5, 5.41) is 9.83. The number of hydrogen-bond acceptors (Lipinski definition) is 7. The molecule has 1 amide bonds. The van der Waals surface area contributed by atoms with Crippen LogP contribution in [0.3, 0.4) is 0 Å². The van der Waals surface area contributed by atoms with Crippen molar-refractivity contribution >= 4 is 21.6 Å². The van der Waals surface area contributed by atoms with Gasteiger partial charge in [-0.15, -0.1) is 0 Å². The van der Waals surface area contributed by atoms with Crippen molar-refractivity contribution in [3.63, 3.8) is 0 Å². The highest BCUT2D eigenvalue weighted by Gasteiger charge is 2.35. The number of ether oxygens (including phenoxy) is 1. The van der Waals surface area contributed by atoms with Crippen LogP contribution in [0.4, 0.5) is 5.69 Å². The minimum absolute atomic E-state index is 0.135. The van der Waals surface area contributed by atoms with Crippen LogP contribution >= 0.6 is 0 Å². The minimum Gasteiger partial charge on any atom is -0.486 e. The van der Waals surface area contributed by atoms with Gasteiger partial charge in [0.15, 0.2) is 10.8 Å². The standard InChI is InChI=1S/C33H39N5O5S/c1-23-17-38(24(2)21-39)33(40)28-11-8-12-29(35-44(41,42)31-20-37(4)22-34-31)32(28)43-30(23)19-36(3)18-25-13-15-27(16-14-25)26-9-6-5-7-10-26/h5-16,20,22-24,30,35,39H,17-19,21H2,1-4H3/t23-,24+,30+/m0/s1. The number of benzene rings is 3. The van der Waals surface area contributed by atoms with Gasteiger partial charge in [-0.2, -0.15) is 8.42 Å². The van der Waals surface area contributed by atoms with E-state index in [1.54, 1.807) is 41.6 Å². The molecule has 0 saturated carbocycles. The zero-order valence-corrected chi connectivity index (χ0v) is 26.2. The lowest BCUT2D eigenvalue weighted by Gasteiger charge is -2.38. The van der Waals surface area contributed by atoms with Crippen molar-refractivity contribution < 1.29 is 23.1 Å². The molecule has 1 aliphatic rings. The van der Waals surface area contributed by atoms with Crippen molar-refractivity contribution in [1.29, 1.82) is 0 Å². The first kappa shape index (κ1) is 31.2. The van der Waals surface area contributed by atoms with E-state index in [2.05, 4.69) is 51.0 Å². The van der Waals surface area contributed by atoms with E-state index in [0.717, 1.165) is 16.7 Å².